The Hall–Kier alpha value is -3.09. The van der Waals surface area contributed by atoms with Crippen molar-refractivity contribution in [2.75, 3.05) is 31.6 Å². The molecule has 1 unspecified atom stereocenters. The summed E-state index contributed by atoms with van der Waals surface area (Å²) in [5.74, 6) is -2.82. The molecule has 1 aromatic carbocycles. The Morgan fingerprint density at radius 3 is 2.55 bits per heavy atom. The van der Waals surface area contributed by atoms with Crippen LogP contribution in [-0.2, 0) is 14.3 Å². The van der Waals surface area contributed by atoms with Gasteiger partial charge in [0.1, 0.15) is 34.9 Å². The Bertz CT molecular complexity index is 1140. The Labute approximate surface area is 195 Å². The molecule has 0 saturated carbocycles. The smallest absolute Gasteiger partial charge is 0.410 e. The largest absolute Gasteiger partial charge is 0.467 e. The molecule has 0 radical (unpaired) electrons. The molecule has 1 atom stereocenters. The van der Waals surface area contributed by atoms with E-state index in [-0.39, 0.29) is 36.2 Å². The number of hydrogen-bond donors (Lipinski definition) is 0. The number of piperazine rings is 1. The number of nitro groups is 1. The molecule has 2 aromatic rings. The lowest BCUT2D eigenvalue weighted by molar-refractivity contribution is -0.384. The Morgan fingerprint density at radius 1 is 1.30 bits per heavy atom. The van der Waals surface area contributed by atoms with Gasteiger partial charge in [0.2, 0.25) is 0 Å². The summed E-state index contributed by atoms with van der Waals surface area (Å²) in [6.07, 6.45) is 0.172. The van der Waals surface area contributed by atoms with Gasteiger partial charge in [-0.05, 0) is 42.8 Å². The van der Waals surface area contributed by atoms with Crippen LogP contribution in [0, 0.1) is 21.7 Å². The van der Waals surface area contributed by atoms with E-state index in [0.717, 1.165) is 19.4 Å². The zero-order valence-corrected chi connectivity index (χ0v) is 19.8. The second kappa shape index (κ2) is 9.04. The van der Waals surface area contributed by atoms with Gasteiger partial charge in [0.15, 0.2) is 5.82 Å². The van der Waals surface area contributed by atoms with Gasteiger partial charge in [0, 0.05) is 18.5 Å². The number of esters is 1. The zero-order chi connectivity index (χ0) is 24.7. The van der Waals surface area contributed by atoms with Crippen molar-refractivity contribution in [3.05, 3.63) is 38.5 Å². The molecule has 1 fully saturated rings. The molecule has 1 amide bonds. The van der Waals surface area contributed by atoms with Crippen molar-refractivity contribution in [3.8, 4) is 0 Å². The van der Waals surface area contributed by atoms with Gasteiger partial charge in [0.05, 0.1) is 23.1 Å². The van der Waals surface area contributed by atoms with Crippen LogP contribution in [0.4, 0.5) is 25.0 Å². The molecule has 1 aliphatic rings. The quantitative estimate of drug-likeness (QED) is 0.255. The highest BCUT2D eigenvalue weighted by Crippen LogP contribution is 2.40. The first-order valence-electron chi connectivity index (χ1n) is 9.78. The lowest BCUT2D eigenvalue weighted by atomic mass is 10.1. The number of ether oxygens (including phenoxy) is 2. The van der Waals surface area contributed by atoms with Gasteiger partial charge in [-0.15, -0.1) is 0 Å². The predicted molar refractivity (Wildman–Crippen MR) is 117 cm³/mol. The number of methoxy groups -OCH3 is 1. The minimum absolute atomic E-state index is 0.0326. The summed E-state index contributed by atoms with van der Waals surface area (Å²) in [6, 6.07) is -0.290. The van der Waals surface area contributed by atoms with Crippen molar-refractivity contribution < 1.29 is 32.8 Å². The summed E-state index contributed by atoms with van der Waals surface area (Å²) < 4.78 is 38.8. The standard InChI is InChI=1S/C20H21BrF2N4O6/c1-20(2,3)33-19(29)25-5-6-26(13(9-25)18(28)32-4)17-10-7-11(22)14(21)15(23)16(10)24-8-12(17)27(30)31/h7-8,13H,5-6,9H2,1-4H3. The third-order valence-corrected chi connectivity index (χ3v) is 5.67. The molecule has 1 saturated heterocycles. The molecule has 3 rings (SSSR count). The number of amides is 1. The van der Waals surface area contributed by atoms with Gasteiger partial charge in [-0.3, -0.25) is 10.1 Å². The maximum Gasteiger partial charge on any atom is 0.410 e. The summed E-state index contributed by atoms with van der Waals surface area (Å²) in [5.41, 5.74) is -1.85. The number of fused-ring (bicyclic) bond motifs is 1. The van der Waals surface area contributed by atoms with Gasteiger partial charge < -0.3 is 19.3 Å². The van der Waals surface area contributed by atoms with Crippen LogP contribution in [0.2, 0.25) is 0 Å². The lowest BCUT2D eigenvalue weighted by Gasteiger charge is -2.41. The fraction of sp³-hybridized carbons (Fsp3) is 0.450. The fourth-order valence-corrected chi connectivity index (χ4v) is 3.84. The number of rotatable bonds is 3. The van der Waals surface area contributed by atoms with Gasteiger partial charge >= 0.3 is 17.7 Å². The molecule has 33 heavy (non-hydrogen) atoms. The van der Waals surface area contributed by atoms with E-state index >= 15 is 0 Å². The highest BCUT2D eigenvalue weighted by Gasteiger charge is 2.40. The Kier molecular flexibility index (Phi) is 6.73. The molecule has 2 heterocycles. The van der Waals surface area contributed by atoms with Crippen molar-refractivity contribution in [3.63, 3.8) is 0 Å². The molecule has 1 aliphatic heterocycles. The number of anilines is 1. The van der Waals surface area contributed by atoms with Gasteiger partial charge in [-0.25, -0.2) is 23.4 Å². The minimum atomic E-state index is -1.20. The molecule has 0 N–H and O–H groups in total. The molecular formula is C20H21BrF2N4O6. The van der Waals surface area contributed by atoms with Crippen molar-refractivity contribution in [2.45, 2.75) is 32.4 Å². The highest BCUT2D eigenvalue weighted by molar-refractivity contribution is 9.10. The molecular weight excluding hydrogens is 510 g/mol. The number of benzene rings is 1. The summed E-state index contributed by atoms with van der Waals surface area (Å²) in [7, 11) is 1.13. The minimum Gasteiger partial charge on any atom is -0.467 e. The summed E-state index contributed by atoms with van der Waals surface area (Å²) in [4.78, 5) is 42.5. The van der Waals surface area contributed by atoms with Crippen molar-refractivity contribution >= 4 is 50.3 Å². The normalized spacial score (nSPS) is 16.6. The first kappa shape index (κ1) is 24.6. The average Bonchev–Trinajstić information content (AvgIpc) is 2.74. The molecule has 0 bridgehead atoms. The molecule has 10 nitrogen and oxygen atoms in total. The van der Waals surface area contributed by atoms with Crippen molar-refractivity contribution in [1.29, 1.82) is 0 Å². The molecule has 1 aromatic heterocycles. The van der Waals surface area contributed by atoms with E-state index in [2.05, 4.69) is 20.9 Å². The van der Waals surface area contributed by atoms with Crippen LogP contribution in [0.3, 0.4) is 0 Å². The lowest BCUT2D eigenvalue weighted by Crippen LogP contribution is -2.59. The first-order chi connectivity index (χ1) is 15.4. The van der Waals surface area contributed by atoms with E-state index in [4.69, 9.17) is 9.47 Å². The van der Waals surface area contributed by atoms with Crippen LogP contribution in [0.15, 0.2) is 16.7 Å². The third-order valence-electron chi connectivity index (χ3n) is 4.94. The van der Waals surface area contributed by atoms with Crippen molar-refractivity contribution in [1.82, 2.24) is 9.88 Å². The maximum absolute atomic E-state index is 14.7. The molecule has 13 heteroatoms. The van der Waals surface area contributed by atoms with Crippen molar-refractivity contribution in [2.24, 2.45) is 0 Å². The SMILES string of the molecule is COC(=O)C1CN(C(=O)OC(C)(C)C)CCN1c1c([N+](=O)[O-])cnc2c(F)c(Br)c(F)cc12. The molecule has 0 spiro atoms. The van der Waals surface area contributed by atoms with E-state index in [9.17, 15) is 28.5 Å². The van der Waals surface area contributed by atoms with Crippen LogP contribution in [0.25, 0.3) is 10.9 Å². The van der Waals surface area contributed by atoms with Crippen LogP contribution >= 0.6 is 15.9 Å². The summed E-state index contributed by atoms with van der Waals surface area (Å²) in [5, 5.41) is 11.6. The predicted octanol–water partition coefficient (Wildman–Crippen LogP) is 3.78. The Morgan fingerprint density at radius 2 is 1.97 bits per heavy atom. The second-order valence-corrected chi connectivity index (χ2v) is 9.08. The number of hydrogen-bond acceptors (Lipinski definition) is 8. The summed E-state index contributed by atoms with van der Waals surface area (Å²) in [6.45, 7) is 4.80. The highest BCUT2D eigenvalue weighted by atomic mass is 79.9. The van der Waals surface area contributed by atoms with Gasteiger partial charge in [-0.1, -0.05) is 0 Å². The second-order valence-electron chi connectivity index (χ2n) is 8.29. The summed E-state index contributed by atoms with van der Waals surface area (Å²) >= 11 is 2.79. The van der Waals surface area contributed by atoms with Gasteiger partial charge in [-0.2, -0.15) is 0 Å². The number of carbonyl (C=O) groups is 2. The van der Waals surface area contributed by atoms with Crippen LogP contribution in [0.1, 0.15) is 20.8 Å². The molecule has 0 aliphatic carbocycles. The third kappa shape index (κ3) is 4.82. The van der Waals surface area contributed by atoms with E-state index in [1.165, 1.54) is 9.80 Å². The molecule has 178 valence electrons. The van der Waals surface area contributed by atoms with E-state index < -0.39 is 50.4 Å². The monoisotopic (exact) mass is 530 g/mol. The van der Waals surface area contributed by atoms with Gasteiger partial charge in [0.25, 0.3) is 0 Å². The van der Waals surface area contributed by atoms with Crippen LogP contribution in [0.5, 0.6) is 0 Å². The van der Waals surface area contributed by atoms with Crippen LogP contribution in [-0.4, -0.2) is 65.3 Å². The first-order valence-corrected chi connectivity index (χ1v) is 10.6. The topological polar surface area (TPSA) is 115 Å². The maximum atomic E-state index is 14.7. The number of halogens is 3. The van der Waals surface area contributed by atoms with E-state index in [1.54, 1.807) is 20.8 Å². The fourth-order valence-electron chi connectivity index (χ4n) is 3.53. The zero-order valence-electron chi connectivity index (χ0n) is 18.2. The Balaban J connectivity index is 2.15. The van der Waals surface area contributed by atoms with E-state index in [1.807, 2.05) is 0 Å². The number of aromatic nitrogens is 1. The van der Waals surface area contributed by atoms with Crippen LogP contribution < -0.4 is 4.90 Å². The number of pyridine rings is 1. The average molecular weight is 531 g/mol. The number of nitrogens with zero attached hydrogens (tertiary/aromatic N) is 4. The number of carbonyl (C=O) groups excluding carboxylic acids is 2. The van der Waals surface area contributed by atoms with E-state index in [0.29, 0.717) is 0 Å².